The van der Waals surface area contributed by atoms with Crippen LogP contribution in [-0.4, -0.2) is 9.97 Å². The summed E-state index contributed by atoms with van der Waals surface area (Å²) in [4.78, 5) is 9.03. The van der Waals surface area contributed by atoms with E-state index in [1.165, 1.54) is 37.3 Å². The summed E-state index contributed by atoms with van der Waals surface area (Å²) in [6.45, 7) is 2.20. The highest BCUT2D eigenvalue weighted by Crippen LogP contribution is 2.25. The molecule has 0 aliphatic heterocycles. The van der Waals surface area contributed by atoms with E-state index in [9.17, 15) is 8.78 Å². The molecule has 0 N–H and O–H groups in total. The van der Waals surface area contributed by atoms with Crippen LogP contribution in [0, 0.1) is 28.8 Å². The molecule has 1 aromatic heterocycles. The lowest BCUT2D eigenvalue weighted by molar-refractivity contribution is 0.572. The van der Waals surface area contributed by atoms with Gasteiger partial charge in [0.25, 0.3) is 0 Å². The normalized spacial score (nSPS) is 11.1. The Hall–Kier alpha value is -3.72. The molecule has 0 saturated heterocycles. The third kappa shape index (κ3) is 6.74. The summed E-state index contributed by atoms with van der Waals surface area (Å²) in [5.41, 5.74) is 2.52. The maximum Gasteiger partial charge on any atom is 0.144 e. The molecule has 3 aromatic carbocycles. The van der Waals surface area contributed by atoms with Gasteiger partial charge in [0.05, 0.1) is 0 Å². The molecule has 37 heavy (non-hydrogen) atoms. The molecule has 4 aromatic rings. The van der Waals surface area contributed by atoms with E-state index in [1.54, 1.807) is 12.1 Å². The number of unbranched alkanes of at least 4 members (excludes halogenated alkanes) is 3. The fraction of sp³-hybridized carbons (Fsp3) is 0.323. The summed E-state index contributed by atoms with van der Waals surface area (Å²) in [6, 6.07) is 13.1. The van der Waals surface area contributed by atoms with E-state index >= 15 is 4.39 Å². The lowest BCUT2D eigenvalue weighted by atomic mass is 9.97. The number of aromatic nitrogens is 2. The quantitative estimate of drug-likeness (QED) is 0.199. The van der Waals surface area contributed by atoms with Gasteiger partial charge in [0.1, 0.15) is 34.9 Å². The summed E-state index contributed by atoms with van der Waals surface area (Å²) in [7, 11) is 0. The van der Waals surface area contributed by atoms with Crippen molar-refractivity contribution in [3.05, 3.63) is 106 Å². The Morgan fingerprint density at radius 2 is 1.46 bits per heavy atom. The van der Waals surface area contributed by atoms with Crippen molar-refractivity contribution in [1.29, 1.82) is 5.26 Å². The molecule has 3 nitrogen and oxygen atoms in total. The largest absolute Gasteiger partial charge is 0.241 e. The van der Waals surface area contributed by atoms with Crippen molar-refractivity contribution in [1.82, 2.24) is 9.97 Å². The van der Waals surface area contributed by atoms with Crippen molar-refractivity contribution in [3.8, 4) is 6.07 Å². The first-order valence-electron chi connectivity index (χ1n) is 12.9. The minimum Gasteiger partial charge on any atom is -0.241 e. The Morgan fingerprint density at radius 1 is 0.730 bits per heavy atom. The van der Waals surface area contributed by atoms with Crippen LogP contribution in [0.5, 0.6) is 0 Å². The molecule has 0 aliphatic rings. The molecule has 0 atom stereocenters. The molecular weight excluding hydrogens is 471 g/mol. The fourth-order valence-electron chi connectivity index (χ4n) is 4.54. The molecule has 4 rings (SSSR count). The molecular formula is C31H30F3N3. The van der Waals surface area contributed by atoms with E-state index in [0.29, 0.717) is 29.4 Å². The second-order valence-electron chi connectivity index (χ2n) is 9.46. The number of hydrogen-bond donors (Lipinski definition) is 0. The molecule has 0 spiro atoms. The van der Waals surface area contributed by atoms with Crippen molar-refractivity contribution in [2.75, 3.05) is 0 Å². The Kier molecular flexibility index (Phi) is 8.90. The third-order valence-corrected chi connectivity index (χ3v) is 6.71. The molecule has 0 unspecified atom stereocenters. The molecule has 0 saturated carbocycles. The average molecular weight is 502 g/mol. The highest BCUT2D eigenvalue weighted by atomic mass is 19.1. The predicted molar refractivity (Wildman–Crippen MR) is 140 cm³/mol. The number of nitriles is 1. The summed E-state index contributed by atoms with van der Waals surface area (Å²) in [6.07, 6.45) is 11.8. The number of nitrogens with zero attached hydrogens (tertiary/aromatic N) is 3. The number of hydrogen-bond acceptors (Lipinski definition) is 3. The maximum absolute atomic E-state index is 15.2. The first-order valence-corrected chi connectivity index (χ1v) is 12.9. The van der Waals surface area contributed by atoms with E-state index < -0.39 is 17.2 Å². The van der Waals surface area contributed by atoms with E-state index in [4.69, 9.17) is 5.26 Å². The van der Waals surface area contributed by atoms with Gasteiger partial charge in [-0.2, -0.15) is 5.26 Å². The first-order chi connectivity index (χ1) is 18.0. The van der Waals surface area contributed by atoms with Crippen LogP contribution < -0.4 is 0 Å². The van der Waals surface area contributed by atoms with Crippen LogP contribution in [0.4, 0.5) is 13.2 Å². The number of benzene rings is 3. The topological polar surface area (TPSA) is 49.6 Å². The van der Waals surface area contributed by atoms with Crippen molar-refractivity contribution >= 4 is 10.8 Å². The smallest absolute Gasteiger partial charge is 0.144 e. The fourth-order valence-corrected chi connectivity index (χ4v) is 4.54. The van der Waals surface area contributed by atoms with Gasteiger partial charge in [-0.1, -0.05) is 56.5 Å². The van der Waals surface area contributed by atoms with Gasteiger partial charge in [-0.3, -0.25) is 0 Å². The monoisotopic (exact) mass is 501 g/mol. The minimum atomic E-state index is -0.896. The number of rotatable bonds is 11. The zero-order valence-corrected chi connectivity index (χ0v) is 21.0. The standard InChI is InChI=1S/C31H30F3N3/c1-2-3-4-5-6-23-19-36-30(37-20-23)14-9-21-8-13-26-25(15-21)12-11-24(31(26)34)10-7-22-16-28(32)27(18-35)29(33)17-22/h8,11-13,15-17,19-20H,2-7,9-10,14H2,1H3. The second-order valence-corrected chi connectivity index (χ2v) is 9.46. The zero-order valence-electron chi connectivity index (χ0n) is 21.0. The van der Waals surface area contributed by atoms with E-state index in [2.05, 4.69) is 16.9 Å². The van der Waals surface area contributed by atoms with Crippen LogP contribution in [-0.2, 0) is 32.1 Å². The minimum absolute atomic E-state index is 0.261. The summed E-state index contributed by atoms with van der Waals surface area (Å²) in [5, 5.41) is 10.1. The SMILES string of the molecule is CCCCCCc1cnc(CCc2ccc3c(F)c(CCc4cc(F)c(C#N)c(F)c4)ccc3c2)nc1. The van der Waals surface area contributed by atoms with Crippen LogP contribution in [0.2, 0.25) is 0 Å². The van der Waals surface area contributed by atoms with Crippen LogP contribution in [0.25, 0.3) is 10.8 Å². The van der Waals surface area contributed by atoms with Crippen molar-refractivity contribution in [2.45, 2.75) is 64.7 Å². The van der Waals surface area contributed by atoms with Crippen LogP contribution in [0.3, 0.4) is 0 Å². The average Bonchev–Trinajstić information content (AvgIpc) is 2.90. The molecule has 190 valence electrons. The van der Waals surface area contributed by atoms with E-state index in [-0.39, 0.29) is 12.2 Å². The van der Waals surface area contributed by atoms with E-state index in [1.807, 2.05) is 30.6 Å². The van der Waals surface area contributed by atoms with Gasteiger partial charge in [0.15, 0.2) is 0 Å². The maximum atomic E-state index is 15.2. The molecule has 0 fully saturated rings. The Labute approximate surface area is 216 Å². The summed E-state index contributed by atoms with van der Waals surface area (Å²) in [5.74, 6) is -1.31. The molecule has 0 radical (unpaired) electrons. The number of aryl methyl sites for hydroxylation is 5. The Bertz CT molecular complexity index is 1390. The van der Waals surface area contributed by atoms with Gasteiger partial charge >= 0.3 is 0 Å². The Balaban J connectivity index is 1.37. The summed E-state index contributed by atoms with van der Waals surface area (Å²) >= 11 is 0. The predicted octanol–water partition coefficient (Wildman–Crippen LogP) is 7.61. The second kappa shape index (κ2) is 12.5. The number of fused-ring (bicyclic) bond motifs is 1. The highest BCUT2D eigenvalue weighted by Gasteiger charge is 2.13. The highest BCUT2D eigenvalue weighted by molar-refractivity contribution is 5.84. The van der Waals surface area contributed by atoms with Gasteiger partial charge in [-0.25, -0.2) is 23.1 Å². The van der Waals surface area contributed by atoms with Crippen molar-refractivity contribution < 1.29 is 13.2 Å². The lowest BCUT2D eigenvalue weighted by Crippen LogP contribution is -2.00. The molecule has 0 amide bonds. The van der Waals surface area contributed by atoms with Crippen LogP contribution in [0.15, 0.2) is 54.9 Å². The van der Waals surface area contributed by atoms with Gasteiger partial charge in [-0.05, 0) is 71.9 Å². The van der Waals surface area contributed by atoms with Crippen LogP contribution in [0.1, 0.15) is 66.2 Å². The zero-order chi connectivity index (χ0) is 26.2. The van der Waals surface area contributed by atoms with Gasteiger partial charge in [0, 0.05) is 24.2 Å². The molecule has 6 heteroatoms. The van der Waals surface area contributed by atoms with Gasteiger partial charge in [-0.15, -0.1) is 0 Å². The van der Waals surface area contributed by atoms with E-state index in [0.717, 1.165) is 41.7 Å². The first kappa shape index (κ1) is 26.3. The number of halogens is 3. The van der Waals surface area contributed by atoms with Crippen LogP contribution >= 0.6 is 0 Å². The van der Waals surface area contributed by atoms with Crippen molar-refractivity contribution in [2.24, 2.45) is 0 Å². The van der Waals surface area contributed by atoms with Crippen molar-refractivity contribution in [3.63, 3.8) is 0 Å². The third-order valence-electron chi connectivity index (χ3n) is 6.71. The molecule has 0 aliphatic carbocycles. The van der Waals surface area contributed by atoms with Gasteiger partial charge < -0.3 is 0 Å². The molecule has 1 heterocycles. The van der Waals surface area contributed by atoms with Gasteiger partial charge in [0.2, 0.25) is 0 Å². The lowest BCUT2D eigenvalue weighted by Gasteiger charge is -2.09. The summed E-state index contributed by atoms with van der Waals surface area (Å²) < 4.78 is 42.9. The molecule has 0 bridgehead atoms. The Morgan fingerprint density at radius 3 is 2.16 bits per heavy atom.